The zero-order valence-electron chi connectivity index (χ0n) is 24.4. The van der Waals surface area contributed by atoms with Crippen LogP contribution >= 0.6 is 31.9 Å². The molecular formula is C43H28Br2. The van der Waals surface area contributed by atoms with Crippen LogP contribution in [0.3, 0.4) is 0 Å². The topological polar surface area (TPSA) is 0 Å². The van der Waals surface area contributed by atoms with Crippen LogP contribution in [0.25, 0.3) is 44.5 Å². The van der Waals surface area contributed by atoms with Gasteiger partial charge in [0.2, 0.25) is 0 Å². The molecule has 0 radical (unpaired) electrons. The van der Waals surface area contributed by atoms with Gasteiger partial charge in [-0.1, -0.05) is 171 Å². The van der Waals surface area contributed by atoms with Crippen molar-refractivity contribution in [2.75, 3.05) is 0 Å². The van der Waals surface area contributed by atoms with Crippen molar-refractivity contribution < 1.29 is 0 Å². The van der Waals surface area contributed by atoms with Crippen molar-refractivity contribution in [3.63, 3.8) is 0 Å². The lowest BCUT2D eigenvalue weighted by Crippen LogP contribution is -2.28. The third-order valence-electron chi connectivity index (χ3n) is 9.09. The molecule has 0 N–H and O–H groups in total. The molecular weight excluding hydrogens is 676 g/mol. The van der Waals surface area contributed by atoms with Gasteiger partial charge in [0.05, 0.1) is 5.41 Å². The lowest BCUT2D eigenvalue weighted by molar-refractivity contribution is 0.767. The van der Waals surface area contributed by atoms with Crippen LogP contribution in [0.1, 0.15) is 22.3 Å². The number of hydrogen-bond acceptors (Lipinski definition) is 0. The Morgan fingerprint density at radius 2 is 0.889 bits per heavy atom. The monoisotopic (exact) mass is 702 g/mol. The van der Waals surface area contributed by atoms with E-state index in [1.807, 2.05) is 0 Å². The highest BCUT2D eigenvalue weighted by Gasteiger charge is 2.47. The molecule has 0 atom stereocenters. The summed E-state index contributed by atoms with van der Waals surface area (Å²) in [7, 11) is 0. The highest BCUT2D eigenvalue weighted by atomic mass is 79.9. The van der Waals surface area contributed by atoms with Gasteiger partial charge in [-0.05, 0) is 97.1 Å². The molecule has 7 aromatic rings. The standard InChI is InChI=1S/C43H28Br2/c44-34-18-9-16-32(27-34)43(33-17-10-19-35(45)28-33)40-23-11-22-38(37-21-8-7-20-36(37)30-14-5-2-6-15-30)42(40)39-25-24-31(26-41(39)43)29-12-3-1-4-13-29/h1-28H. The van der Waals surface area contributed by atoms with Crippen LogP contribution in [0.5, 0.6) is 0 Å². The Hall–Kier alpha value is -4.50. The van der Waals surface area contributed by atoms with Crippen molar-refractivity contribution in [1.29, 1.82) is 0 Å². The first-order chi connectivity index (χ1) is 22.1. The maximum absolute atomic E-state index is 3.83. The Kier molecular flexibility index (Phi) is 7.13. The fraction of sp³-hybridized carbons (Fsp3) is 0.0233. The number of rotatable bonds is 5. The summed E-state index contributed by atoms with van der Waals surface area (Å²) in [6.07, 6.45) is 0. The van der Waals surface area contributed by atoms with Crippen molar-refractivity contribution >= 4 is 31.9 Å². The molecule has 0 fully saturated rings. The third-order valence-corrected chi connectivity index (χ3v) is 10.1. The van der Waals surface area contributed by atoms with E-state index in [-0.39, 0.29) is 0 Å². The van der Waals surface area contributed by atoms with Crippen molar-refractivity contribution in [1.82, 2.24) is 0 Å². The Bertz CT molecular complexity index is 2140. The van der Waals surface area contributed by atoms with Gasteiger partial charge in [-0.15, -0.1) is 0 Å². The molecule has 0 spiro atoms. The normalized spacial score (nSPS) is 12.8. The summed E-state index contributed by atoms with van der Waals surface area (Å²) in [5.41, 5.74) is 14.4. The predicted molar refractivity (Wildman–Crippen MR) is 195 cm³/mol. The molecule has 2 heteroatoms. The van der Waals surface area contributed by atoms with Crippen LogP contribution in [0.15, 0.2) is 179 Å². The first-order valence-electron chi connectivity index (χ1n) is 15.2. The molecule has 45 heavy (non-hydrogen) atoms. The third kappa shape index (κ3) is 4.63. The molecule has 214 valence electrons. The molecule has 7 aromatic carbocycles. The maximum atomic E-state index is 3.83. The molecule has 0 nitrogen and oxygen atoms in total. The maximum Gasteiger partial charge on any atom is 0.0714 e. The molecule has 8 rings (SSSR count). The molecule has 0 aliphatic heterocycles. The fourth-order valence-electron chi connectivity index (χ4n) is 7.23. The zero-order chi connectivity index (χ0) is 30.4. The lowest BCUT2D eigenvalue weighted by Gasteiger charge is -2.34. The molecule has 0 aromatic heterocycles. The van der Waals surface area contributed by atoms with E-state index >= 15 is 0 Å². The Morgan fingerprint density at radius 1 is 0.333 bits per heavy atom. The van der Waals surface area contributed by atoms with Crippen LogP contribution in [0, 0.1) is 0 Å². The number of fused-ring (bicyclic) bond motifs is 3. The van der Waals surface area contributed by atoms with Crippen molar-refractivity contribution in [2.45, 2.75) is 5.41 Å². The highest BCUT2D eigenvalue weighted by molar-refractivity contribution is 9.10. The SMILES string of the molecule is Brc1cccc(C2(c3cccc(Br)c3)c3cc(-c4ccccc4)ccc3-c3c(-c4ccccc4-c4ccccc4)cccc32)c1. The smallest absolute Gasteiger partial charge is 0.0622 e. The van der Waals surface area contributed by atoms with E-state index < -0.39 is 5.41 Å². The van der Waals surface area contributed by atoms with Crippen molar-refractivity contribution in [3.05, 3.63) is 201 Å². The van der Waals surface area contributed by atoms with Crippen molar-refractivity contribution in [2.24, 2.45) is 0 Å². The Labute approximate surface area is 281 Å². The number of halogens is 2. The van der Waals surface area contributed by atoms with E-state index in [1.165, 1.54) is 66.8 Å². The van der Waals surface area contributed by atoms with Crippen LogP contribution in [0.4, 0.5) is 0 Å². The molecule has 1 aliphatic carbocycles. The second-order valence-corrected chi connectivity index (χ2v) is 13.4. The predicted octanol–water partition coefficient (Wildman–Crippen LogP) is 12.6. The quantitative estimate of drug-likeness (QED) is 0.167. The van der Waals surface area contributed by atoms with Gasteiger partial charge in [0.15, 0.2) is 0 Å². The van der Waals surface area contributed by atoms with E-state index in [9.17, 15) is 0 Å². The summed E-state index contributed by atoms with van der Waals surface area (Å²) in [5, 5.41) is 0. The minimum atomic E-state index is -0.541. The minimum Gasteiger partial charge on any atom is -0.0622 e. The average Bonchev–Trinajstić information content (AvgIpc) is 3.40. The largest absolute Gasteiger partial charge is 0.0714 e. The fourth-order valence-corrected chi connectivity index (χ4v) is 8.03. The molecule has 0 saturated heterocycles. The van der Waals surface area contributed by atoms with E-state index in [0.29, 0.717) is 0 Å². The second-order valence-electron chi connectivity index (χ2n) is 11.5. The van der Waals surface area contributed by atoms with Crippen LogP contribution < -0.4 is 0 Å². The minimum absolute atomic E-state index is 0.541. The summed E-state index contributed by atoms with van der Waals surface area (Å²) >= 11 is 7.66. The van der Waals surface area contributed by atoms with Crippen LogP contribution in [0.2, 0.25) is 0 Å². The lowest BCUT2D eigenvalue weighted by atomic mass is 9.67. The number of hydrogen-bond donors (Lipinski definition) is 0. The molecule has 0 saturated carbocycles. The summed E-state index contributed by atoms with van der Waals surface area (Å²) < 4.78 is 2.13. The first-order valence-corrected chi connectivity index (χ1v) is 16.7. The molecule has 0 unspecified atom stereocenters. The highest BCUT2D eigenvalue weighted by Crippen LogP contribution is 2.59. The van der Waals surface area contributed by atoms with Gasteiger partial charge in [-0.25, -0.2) is 0 Å². The zero-order valence-corrected chi connectivity index (χ0v) is 27.6. The molecule has 0 heterocycles. The average molecular weight is 705 g/mol. The van der Waals surface area contributed by atoms with Gasteiger partial charge in [-0.2, -0.15) is 0 Å². The van der Waals surface area contributed by atoms with E-state index in [2.05, 4.69) is 202 Å². The number of benzene rings is 7. The van der Waals surface area contributed by atoms with Gasteiger partial charge in [-0.3, -0.25) is 0 Å². The van der Waals surface area contributed by atoms with Crippen LogP contribution in [-0.4, -0.2) is 0 Å². The van der Waals surface area contributed by atoms with Gasteiger partial charge in [0, 0.05) is 8.95 Å². The van der Waals surface area contributed by atoms with Gasteiger partial charge >= 0.3 is 0 Å². The van der Waals surface area contributed by atoms with Gasteiger partial charge in [0.25, 0.3) is 0 Å². The van der Waals surface area contributed by atoms with E-state index in [1.54, 1.807) is 0 Å². The summed E-state index contributed by atoms with van der Waals surface area (Å²) in [4.78, 5) is 0. The molecule has 0 amide bonds. The second kappa shape index (κ2) is 11.5. The molecule has 1 aliphatic rings. The summed E-state index contributed by atoms with van der Waals surface area (Å²) in [6.45, 7) is 0. The summed E-state index contributed by atoms with van der Waals surface area (Å²) in [6, 6.07) is 61.9. The van der Waals surface area contributed by atoms with Gasteiger partial charge in [0.1, 0.15) is 0 Å². The van der Waals surface area contributed by atoms with Gasteiger partial charge < -0.3 is 0 Å². The summed E-state index contributed by atoms with van der Waals surface area (Å²) in [5.74, 6) is 0. The first kappa shape index (κ1) is 28.0. The van der Waals surface area contributed by atoms with E-state index in [4.69, 9.17) is 0 Å². The van der Waals surface area contributed by atoms with Crippen molar-refractivity contribution in [3.8, 4) is 44.5 Å². The Balaban J connectivity index is 1.51. The van der Waals surface area contributed by atoms with Crippen LogP contribution in [-0.2, 0) is 5.41 Å². The Morgan fingerprint density at radius 3 is 1.53 bits per heavy atom. The molecule has 0 bridgehead atoms. The van der Waals surface area contributed by atoms with E-state index in [0.717, 1.165) is 8.95 Å².